The number of ether oxygens (including phenoxy) is 1. The Kier molecular flexibility index (Phi) is 4.65. The van der Waals surface area contributed by atoms with Crippen LogP contribution in [0.1, 0.15) is 0 Å². The second-order valence-corrected chi connectivity index (χ2v) is 5.60. The normalized spacial score (nSPS) is 10.5. The SMILES string of the molecule is O=C(COc1ccccc1-c1noc(-c2ccco2)n1)Nc1ccccc1. The van der Waals surface area contributed by atoms with E-state index in [0.29, 0.717) is 28.6 Å². The van der Waals surface area contributed by atoms with Crippen molar-refractivity contribution >= 4 is 11.6 Å². The molecule has 0 atom stereocenters. The fraction of sp³-hybridized carbons (Fsp3) is 0.0500. The van der Waals surface area contributed by atoms with E-state index in [-0.39, 0.29) is 18.4 Å². The van der Waals surface area contributed by atoms with Crippen LogP contribution in [0.15, 0.2) is 81.9 Å². The van der Waals surface area contributed by atoms with Crippen LogP contribution < -0.4 is 10.1 Å². The van der Waals surface area contributed by atoms with Gasteiger partial charge in [-0.05, 0) is 36.4 Å². The van der Waals surface area contributed by atoms with E-state index >= 15 is 0 Å². The van der Waals surface area contributed by atoms with Gasteiger partial charge in [0.25, 0.3) is 11.8 Å². The first-order valence-corrected chi connectivity index (χ1v) is 8.24. The molecule has 7 heteroatoms. The van der Waals surface area contributed by atoms with Gasteiger partial charge in [-0.25, -0.2) is 0 Å². The quantitative estimate of drug-likeness (QED) is 0.558. The van der Waals surface area contributed by atoms with Gasteiger partial charge in [-0.3, -0.25) is 4.79 Å². The number of amides is 1. The Balaban J connectivity index is 1.48. The zero-order chi connectivity index (χ0) is 18.5. The van der Waals surface area contributed by atoms with Gasteiger partial charge in [0.15, 0.2) is 12.4 Å². The molecule has 0 aliphatic rings. The lowest BCUT2D eigenvalue weighted by Gasteiger charge is -2.09. The van der Waals surface area contributed by atoms with Gasteiger partial charge in [-0.15, -0.1) is 0 Å². The van der Waals surface area contributed by atoms with E-state index in [1.165, 1.54) is 6.26 Å². The number of benzene rings is 2. The van der Waals surface area contributed by atoms with Crippen molar-refractivity contribution in [3.05, 3.63) is 73.0 Å². The molecule has 0 spiro atoms. The van der Waals surface area contributed by atoms with Gasteiger partial charge < -0.3 is 19.0 Å². The third-order valence-electron chi connectivity index (χ3n) is 3.70. The molecule has 0 unspecified atom stereocenters. The van der Waals surface area contributed by atoms with Crippen molar-refractivity contribution in [1.29, 1.82) is 0 Å². The number of hydrogen-bond acceptors (Lipinski definition) is 6. The summed E-state index contributed by atoms with van der Waals surface area (Å²) >= 11 is 0. The number of aromatic nitrogens is 2. The second-order valence-electron chi connectivity index (χ2n) is 5.60. The van der Waals surface area contributed by atoms with Crippen LogP contribution in [0.3, 0.4) is 0 Å². The van der Waals surface area contributed by atoms with Crippen molar-refractivity contribution in [3.63, 3.8) is 0 Å². The van der Waals surface area contributed by atoms with Crippen molar-refractivity contribution in [1.82, 2.24) is 10.1 Å². The van der Waals surface area contributed by atoms with Crippen LogP contribution in [0.2, 0.25) is 0 Å². The van der Waals surface area contributed by atoms with E-state index in [0.717, 1.165) is 0 Å². The molecule has 1 N–H and O–H groups in total. The maximum atomic E-state index is 12.1. The summed E-state index contributed by atoms with van der Waals surface area (Å²) in [6.07, 6.45) is 1.53. The van der Waals surface area contributed by atoms with Gasteiger partial charge >= 0.3 is 0 Å². The molecule has 134 valence electrons. The van der Waals surface area contributed by atoms with Crippen LogP contribution in [0, 0.1) is 0 Å². The molecule has 0 aliphatic carbocycles. The zero-order valence-corrected chi connectivity index (χ0v) is 14.2. The molecule has 0 fully saturated rings. The van der Waals surface area contributed by atoms with Gasteiger partial charge in [0, 0.05) is 5.69 Å². The largest absolute Gasteiger partial charge is 0.483 e. The van der Waals surface area contributed by atoms with E-state index in [1.807, 2.05) is 30.3 Å². The average molecular weight is 361 g/mol. The Bertz CT molecular complexity index is 1030. The summed E-state index contributed by atoms with van der Waals surface area (Å²) in [5, 5.41) is 6.74. The van der Waals surface area contributed by atoms with Crippen molar-refractivity contribution < 1.29 is 18.5 Å². The van der Waals surface area contributed by atoms with Gasteiger partial charge in [0.2, 0.25) is 5.82 Å². The van der Waals surface area contributed by atoms with Crippen LogP contribution in [0.4, 0.5) is 5.69 Å². The topological polar surface area (TPSA) is 90.4 Å². The maximum absolute atomic E-state index is 12.1. The third kappa shape index (κ3) is 3.87. The highest BCUT2D eigenvalue weighted by Crippen LogP contribution is 2.29. The standard InChI is InChI=1S/C20H15N3O4/c24-18(21-14-7-2-1-3-8-14)13-26-16-10-5-4-9-15(16)19-22-20(27-23-19)17-11-6-12-25-17/h1-12H,13H2,(H,21,24). The van der Waals surface area contributed by atoms with Crippen molar-refractivity contribution in [2.45, 2.75) is 0 Å². The number of rotatable bonds is 6. The van der Waals surface area contributed by atoms with Crippen LogP contribution in [-0.2, 0) is 4.79 Å². The van der Waals surface area contributed by atoms with Crippen molar-refractivity contribution in [2.75, 3.05) is 11.9 Å². The third-order valence-corrected chi connectivity index (χ3v) is 3.70. The highest BCUT2D eigenvalue weighted by molar-refractivity contribution is 5.91. The molecule has 2 heterocycles. The average Bonchev–Trinajstić information content (AvgIpc) is 3.39. The summed E-state index contributed by atoms with van der Waals surface area (Å²) in [6, 6.07) is 19.8. The minimum atomic E-state index is -0.264. The minimum absolute atomic E-state index is 0.144. The first-order valence-electron chi connectivity index (χ1n) is 8.24. The minimum Gasteiger partial charge on any atom is -0.483 e. The Morgan fingerprint density at radius 3 is 2.63 bits per heavy atom. The molecule has 0 bridgehead atoms. The molecule has 4 aromatic rings. The van der Waals surface area contributed by atoms with Gasteiger partial charge in [0.05, 0.1) is 11.8 Å². The van der Waals surface area contributed by atoms with E-state index in [4.69, 9.17) is 13.7 Å². The molecular weight excluding hydrogens is 346 g/mol. The molecule has 1 amide bonds. The van der Waals surface area contributed by atoms with Crippen LogP contribution in [0.25, 0.3) is 23.0 Å². The maximum Gasteiger partial charge on any atom is 0.293 e. The van der Waals surface area contributed by atoms with Gasteiger partial charge in [-0.2, -0.15) is 4.98 Å². The number of nitrogens with zero attached hydrogens (tertiary/aromatic N) is 2. The zero-order valence-electron chi connectivity index (χ0n) is 14.2. The highest BCUT2D eigenvalue weighted by atomic mass is 16.5. The first-order chi connectivity index (χ1) is 13.3. The van der Waals surface area contributed by atoms with Gasteiger partial charge in [0.1, 0.15) is 5.75 Å². The monoisotopic (exact) mass is 361 g/mol. The number of furan rings is 1. The Morgan fingerprint density at radius 1 is 1.00 bits per heavy atom. The van der Waals surface area contributed by atoms with Crippen molar-refractivity contribution in [2.24, 2.45) is 0 Å². The molecule has 0 radical (unpaired) electrons. The molecule has 4 rings (SSSR count). The molecule has 2 aromatic carbocycles. The van der Waals surface area contributed by atoms with E-state index in [1.54, 1.807) is 36.4 Å². The van der Waals surface area contributed by atoms with Crippen LogP contribution in [0.5, 0.6) is 5.75 Å². The van der Waals surface area contributed by atoms with Crippen LogP contribution >= 0.6 is 0 Å². The molecule has 7 nitrogen and oxygen atoms in total. The summed E-state index contributed by atoms with van der Waals surface area (Å²) < 4.78 is 16.2. The summed E-state index contributed by atoms with van der Waals surface area (Å²) in [4.78, 5) is 16.4. The number of anilines is 1. The van der Waals surface area contributed by atoms with Gasteiger partial charge in [-0.1, -0.05) is 35.5 Å². The lowest BCUT2D eigenvalue weighted by atomic mass is 10.2. The Morgan fingerprint density at radius 2 is 1.81 bits per heavy atom. The first kappa shape index (κ1) is 16.6. The predicted octanol–water partition coefficient (Wildman–Crippen LogP) is 4.01. The lowest BCUT2D eigenvalue weighted by molar-refractivity contribution is -0.118. The van der Waals surface area contributed by atoms with Crippen LogP contribution in [-0.4, -0.2) is 22.7 Å². The molecule has 2 aromatic heterocycles. The Labute approximate surface area is 154 Å². The molecule has 0 aliphatic heterocycles. The highest BCUT2D eigenvalue weighted by Gasteiger charge is 2.16. The number of carbonyl (C=O) groups is 1. The molecule has 27 heavy (non-hydrogen) atoms. The Hall–Kier alpha value is -3.87. The summed E-state index contributed by atoms with van der Waals surface area (Å²) in [5.41, 5.74) is 1.33. The fourth-order valence-corrected chi connectivity index (χ4v) is 2.47. The number of nitrogens with one attached hydrogen (secondary N) is 1. The summed E-state index contributed by atoms with van der Waals surface area (Å²) in [6.45, 7) is -0.144. The fourth-order valence-electron chi connectivity index (χ4n) is 2.47. The number of carbonyl (C=O) groups excluding carboxylic acids is 1. The smallest absolute Gasteiger partial charge is 0.293 e. The van der Waals surface area contributed by atoms with E-state index in [9.17, 15) is 4.79 Å². The number of para-hydroxylation sites is 2. The predicted molar refractivity (Wildman–Crippen MR) is 98.0 cm³/mol. The molecular formula is C20H15N3O4. The second kappa shape index (κ2) is 7.57. The lowest BCUT2D eigenvalue weighted by Crippen LogP contribution is -2.20. The summed E-state index contributed by atoms with van der Waals surface area (Å²) in [5.74, 6) is 1.31. The molecule has 0 saturated carbocycles. The van der Waals surface area contributed by atoms with E-state index in [2.05, 4.69) is 15.5 Å². The summed E-state index contributed by atoms with van der Waals surface area (Å²) in [7, 11) is 0. The van der Waals surface area contributed by atoms with Crippen molar-refractivity contribution in [3.8, 4) is 28.8 Å². The number of hydrogen-bond donors (Lipinski definition) is 1. The van der Waals surface area contributed by atoms with E-state index < -0.39 is 0 Å². The molecule has 0 saturated heterocycles.